The third-order valence-electron chi connectivity index (χ3n) is 2.77. The number of rotatable bonds is 3. The zero-order chi connectivity index (χ0) is 11.6. The van der Waals surface area contributed by atoms with E-state index in [0.29, 0.717) is 31.0 Å². The first-order chi connectivity index (χ1) is 7.61. The minimum absolute atomic E-state index is 0.0784. The third kappa shape index (κ3) is 2.62. The summed E-state index contributed by atoms with van der Waals surface area (Å²) in [4.78, 5) is 4.14. The summed E-state index contributed by atoms with van der Waals surface area (Å²) in [6.07, 6.45) is 3.82. The van der Waals surface area contributed by atoms with Gasteiger partial charge in [-0.1, -0.05) is 0 Å². The highest BCUT2D eigenvalue weighted by Gasteiger charge is 2.28. The number of sulfone groups is 1. The van der Waals surface area contributed by atoms with Gasteiger partial charge in [-0.25, -0.2) is 13.4 Å². The van der Waals surface area contributed by atoms with Crippen LogP contribution in [0, 0.1) is 0 Å². The summed E-state index contributed by atoms with van der Waals surface area (Å²) < 4.78 is 28.5. The molecule has 2 heterocycles. The van der Waals surface area contributed by atoms with E-state index >= 15 is 0 Å². The smallest absolute Gasteiger partial charge is 0.198 e. The maximum Gasteiger partial charge on any atom is 0.198 e. The van der Waals surface area contributed by atoms with Crippen LogP contribution in [0.4, 0.5) is 0 Å². The lowest BCUT2D eigenvalue weighted by Crippen LogP contribution is -2.23. The van der Waals surface area contributed by atoms with Crippen LogP contribution in [0.3, 0.4) is 0 Å². The van der Waals surface area contributed by atoms with E-state index in [-0.39, 0.29) is 11.7 Å². The van der Waals surface area contributed by atoms with E-state index in [9.17, 15) is 8.42 Å². The molecule has 1 atom stereocenters. The molecule has 1 aromatic heterocycles. The monoisotopic (exact) mass is 244 g/mol. The Hall–Kier alpha value is -0.880. The molecule has 2 N–H and O–H groups in total. The van der Waals surface area contributed by atoms with Crippen LogP contribution in [0.5, 0.6) is 0 Å². The lowest BCUT2D eigenvalue weighted by molar-refractivity contribution is 0.410. The van der Waals surface area contributed by atoms with Crippen molar-refractivity contribution in [2.45, 2.75) is 25.2 Å². The second kappa shape index (κ2) is 4.55. The summed E-state index contributed by atoms with van der Waals surface area (Å²) in [5, 5.41) is 0. The van der Waals surface area contributed by atoms with Crippen LogP contribution in [-0.2, 0) is 16.3 Å². The van der Waals surface area contributed by atoms with Gasteiger partial charge in [-0.3, -0.25) is 0 Å². The van der Waals surface area contributed by atoms with Crippen LogP contribution in [0.2, 0.25) is 0 Å². The van der Waals surface area contributed by atoms with Crippen molar-refractivity contribution in [1.82, 2.24) is 4.98 Å². The van der Waals surface area contributed by atoms with Gasteiger partial charge in [0.05, 0.1) is 17.7 Å². The molecule has 0 spiro atoms. The fraction of sp³-hybridized carbons (Fsp3) is 0.700. The molecule has 0 bridgehead atoms. The number of hydrogen-bond donors (Lipinski definition) is 1. The van der Waals surface area contributed by atoms with Crippen LogP contribution in [0.15, 0.2) is 10.6 Å². The molecule has 90 valence electrons. The average molecular weight is 244 g/mol. The predicted octanol–water partition coefficient (Wildman–Crippen LogP) is 0.468. The predicted molar refractivity (Wildman–Crippen MR) is 59.9 cm³/mol. The van der Waals surface area contributed by atoms with Gasteiger partial charge in [-0.05, 0) is 19.4 Å². The molecule has 6 heteroatoms. The number of nitrogens with two attached hydrogens (primary N) is 1. The number of oxazole rings is 1. The van der Waals surface area contributed by atoms with E-state index in [0.717, 1.165) is 12.2 Å². The van der Waals surface area contributed by atoms with Crippen molar-refractivity contribution in [1.29, 1.82) is 0 Å². The first-order valence-electron chi connectivity index (χ1n) is 5.46. The summed E-state index contributed by atoms with van der Waals surface area (Å²) in [5.74, 6) is 1.66. The average Bonchev–Trinajstić information content (AvgIpc) is 2.65. The Labute approximate surface area is 95.0 Å². The van der Waals surface area contributed by atoms with Gasteiger partial charge in [0.1, 0.15) is 5.76 Å². The highest BCUT2D eigenvalue weighted by atomic mass is 32.2. The molecule has 1 aliphatic rings. The van der Waals surface area contributed by atoms with Crippen molar-refractivity contribution in [2.75, 3.05) is 18.1 Å². The highest BCUT2D eigenvalue weighted by molar-refractivity contribution is 7.91. The van der Waals surface area contributed by atoms with Crippen molar-refractivity contribution >= 4 is 9.84 Å². The Morgan fingerprint density at radius 1 is 1.56 bits per heavy atom. The first kappa shape index (κ1) is 11.6. The van der Waals surface area contributed by atoms with Crippen molar-refractivity contribution < 1.29 is 12.8 Å². The quantitative estimate of drug-likeness (QED) is 0.835. The summed E-state index contributed by atoms with van der Waals surface area (Å²) in [6, 6.07) is 0. The van der Waals surface area contributed by atoms with E-state index < -0.39 is 9.84 Å². The van der Waals surface area contributed by atoms with Crippen LogP contribution in [-0.4, -0.2) is 31.5 Å². The standard InChI is InChI=1S/C10H16N2O3S/c11-4-3-9-6-12-10(15-9)8-2-1-5-16(13,14)7-8/h6,8H,1-5,7,11H2. The molecular weight excluding hydrogens is 228 g/mol. The van der Waals surface area contributed by atoms with Crippen LogP contribution >= 0.6 is 0 Å². The molecule has 1 unspecified atom stereocenters. The van der Waals surface area contributed by atoms with Gasteiger partial charge in [-0.15, -0.1) is 0 Å². The highest BCUT2D eigenvalue weighted by Crippen LogP contribution is 2.27. The second-order valence-corrected chi connectivity index (χ2v) is 6.39. The Kier molecular flexibility index (Phi) is 3.30. The maximum atomic E-state index is 11.5. The summed E-state index contributed by atoms with van der Waals surface area (Å²) in [6.45, 7) is 0.512. The molecule has 5 nitrogen and oxygen atoms in total. The van der Waals surface area contributed by atoms with Crippen LogP contribution in [0.1, 0.15) is 30.4 Å². The van der Waals surface area contributed by atoms with E-state index in [2.05, 4.69) is 4.98 Å². The number of hydrogen-bond acceptors (Lipinski definition) is 5. The Balaban J connectivity index is 2.11. The van der Waals surface area contributed by atoms with Gasteiger partial charge < -0.3 is 10.2 Å². The number of aromatic nitrogens is 1. The molecule has 2 rings (SSSR count). The second-order valence-electron chi connectivity index (χ2n) is 4.16. The molecule has 0 radical (unpaired) electrons. The minimum Gasteiger partial charge on any atom is -0.445 e. The molecule has 1 saturated heterocycles. The Morgan fingerprint density at radius 2 is 2.38 bits per heavy atom. The fourth-order valence-electron chi connectivity index (χ4n) is 1.99. The number of nitrogens with zero attached hydrogens (tertiary/aromatic N) is 1. The SMILES string of the molecule is NCCc1cnc(C2CCCS(=O)(=O)C2)o1. The largest absolute Gasteiger partial charge is 0.445 e. The van der Waals surface area contributed by atoms with Crippen molar-refractivity contribution in [2.24, 2.45) is 5.73 Å². The molecule has 16 heavy (non-hydrogen) atoms. The zero-order valence-electron chi connectivity index (χ0n) is 9.05. The normalized spacial score (nSPS) is 24.4. The molecule has 1 fully saturated rings. The molecular formula is C10H16N2O3S. The fourth-order valence-corrected chi connectivity index (χ4v) is 3.68. The van der Waals surface area contributed by atoms with Gasteiger partial charge in [0.25, 0.3) is 0 Å². The van der Waals surface area contributed by atoms with Crippen molar-refractivity contribution in [3.63, 3.8) is 0 Å². The lowest BCUT2D eigenvalue weighted by Gasteiger charge is -2.18. The van der Waals surface area contributed by atoms with E-state index in [1.54, 1.807) is 6.20 Å². The molecule has 0 aliphatic carbocycles. The van der Waals surface area contributed by atoms with Crippen LogP contribution < -0.4 is 5.73 Å². The van der Waals surface area contributed by atoms with E-state index in [4.69, 9.17) is 10.2 Å². The molecule has 1 aromatic rings. The van der Waals surface area contributed by atoms with Gasteiger partial charge in [0.15, 0.2) is 15.7 Å². The molecule has 1 aliphatic heterocycles. The summed E-state index contributed by atoms with van der Waals surface area (Å²) in [7, 11) is -2.91. The van der Waals surface area contributed by atoms with Gasteiger partial charge in [0.2, 0.25) is 0 Å². The minimum atomic E-state index is -2.91. The van der Waals surface area contributed by atoms with Crippen molar-refractivity contribution in [3.05, 3.63) is 17.8 Å². The lowest BCUT2D eigenvalue weighted by atomic mass is 10.1. The van der Waals surface area contributed by atoms with Gasteiger partial charge >= 0.3 is 0 Å². The molecule has 0 saturated carbocycles. The van der Waals surface area contributed by atoms with Crippen LogP contribution in [0.25, 0.3) is 0 Å². The maximum absolute atomic E-state index is 11.5. The van der Waals surface area contributed by atoms with Gasteiger partial charge in [-0.2, -0.15) is 0 Å². The molecule has 0 aromatic carbocycles. The third-order valence-corrected chi connectivity index (χ3v) is 4.60. The molecule has 0 amide bonds. The van der Waals surface area contributed by atoms with Crippen molar-refractivity contribution in [3.8, 4) is 0 Å². The summed E-state index contributed by atoms with van der Waals surface area (Å²) >= 11 is 0. The van der Waals surface area contributed by atoms with Gasteiger partial charge in [0, 0.05) is 12.3 Å². The van der Waals surface area contributed by atoms with E-state index in [1.165, 1.54) is 0 Å². The first-order valence-corrected chi connectivity index (χ1v) is 7.28. The van der Waals surface area contributed by atoms with E-state index in [1.807, 2.05) is 0 Å². The zero-order valence-corrected chi connectivity index (χ0v) is 9.87. The Bertz CT molecular complexity index is 452. The summed E-state index contributed by atoms with van der Waals surface area (Å²) in [5.41, 5.74) is 5.41. The topological polar surface area (TPSA) is 86.2 Å². The Morgan fingerprint density at radius 3 is 3.06 bits per heavy atom.